The number of carboxylic acids is 1. The Bertz CT molecular complexity index is 585. The Labute approximate surface area is 137 Å². The molecular formula is C16H20F3NO4. The van der Waals surface area contributed by atoms with Crippen LogP contribution in [0.5, 0.6) is 5.75 Å². The molecule has 0 saturated heterocycles. The Morgan fingerprint density at radius 3 is 2.50 bits per heavy atom. The van der Waals surface area contributed by atoms with Crippen molar-refractivity contribution in [3.05, 3.63) is 29.8 Å². The van der Waals surface area contributed by atoms with Crippen LogP contribution in [-0.2, 0) is 16.0 Å². The highest BCUT2D eigenvalue weighted by molar-refractivity contribution is 5.79. The lowest BCUT2D eigenvalue weighted by atomic mass is 9.98. The van der Waals surface area contributed by atoms with E-state index in [9.17, 15) is 22.8 Å². The summed E-state index contributed by atoms with van der Waals surface area (Å²) in [5.74, 6) is -1.27. The molecule has 0 fully saturated rings. The first-order chi connectivity index (χ1) is 11.0. The molecule has 0 saturated carbocycles. The number of alkyl halides is 3. The van der Waals surface area contributed by atoms with Crippen LogP contribution < -0.4 is 10.1 Å². The molecule has 0 bridgehead atoms. The quantitative estimate of drug-likeness (QED) is 0.758. The monoisotopic (exact) mass is 347 g/mol. The zero-order valence-electron chi connectivity index (χ0n) is 13.4. The van der Waals surface area contributed by atoms with Crippen molar-refractivity contribution in [2.24, 2.45) is 0 Å². The smallest absolute Gasteiger partial charge is 0.422 e. The predicted octanol–water partition coefficient (Wildman–Crippen LogP) is 2.93. The van der Waals surface area contributed by atoms with Gasteiger partial charge in [-0.05, 0) is 38.0 Å². The molecule has 134 valence electrons. The molecule has 1 aromatic rings. The number of hydrogen-bond donors (Lipinski definition) is 2. The third-order valence-electron chi connectivity index (χ3n) is 3.11. The van der Waals surface area contributed by atoms with Gasteiger partial charge in [-0.15, -0.1) is 0 Å². The van der Waals surface area contributed by atoms with Gasteiger partial charge in [0.15, 0.2) is 6.61 Å². The van der Waals surface area contributed by atoms with Gasteiger partial charge in [0.2, 0.25) is 5.91 Å². The van der Waals surface area contributed by atoms with Crippen molar-refractivity contribution in [2.75, 3.05) is 6.61 Å². The molecule has 1 rings (SSSR count). The van der Waals surface area contributed by atoms with Crippen LogP contribution in [0.4, 0.5) is 13.2 Å². The van der Waals surface area contributed by atoms with Gasteiger partial charge in [-0.1, -0.05) is 12.1 Å². The third kappa shape index (κ3) is 8.40. The van der Waals surface area contributed by atoms with Gasteiger partial charge in [0, 0.05) is 12.0 Å². The van der Waals surface area contributed by atoms with E-state index in [1.54, 1.807) is 19.9 Å². The van der Waals surface area contributed by atoms with E-state index in [1.807, 2.05) is 0 Å². The van der Waals surface area contributed by atoms with Crippen LogP contribution in [0.3, 0.4) is 0 Å². The summed E-state index contributed by atoms with van der Waals surface area (Å²) in [4.78, 5) is 22.6. The molecule has 8 heteroatoms. The van der Waals surface area contributed by atoms with Crippen LogP contribution in [0.25, 0.3) is 0 Å². The third-order valence-corrected chi connectivity index (χ3v) is 3.11. The van der Waals surface area contributed by atoms with Crippen molar-refractivity contribution in [3.63, 3.8) is 0 Å². The number of hydrogen-bond acceptors (Lipinski definition) is 3. The SMILES string of the molecule is CC(C)(CCC(=O)O)NC(=O)Cc1cccc(OCC(F)(F)F)c1. The van der Waals surface area contributed by atoms with E-state index in [1.165, 1.54) is 18.2 Å². The summed E-state index contributed by atoms with van der Waals surface area (Å²) >= 11 is 0. The minimum absolute atomic E-state index is 0.0303. The summed E-state index contributed by atoms with van der Waals surface area (Å²) in [6, 6.07) is 5.85. The van der Waals surface area contributed by atoms with E-state index in [-0.39, 0.29) is 30.9 Å². The van der Waals surface area contributed by atoms with Gasteiger partial charge in [-0.25, -0.2) is 0 Å². The average Bonchev–Trinajstić information content (AvgIpc) is 2.42. The number of halogens is 3. The lowest BCUT2D eigenvalue weighted by molar-refractivity contribution is -0.153. The van der Waals surface area contributed by atoms with Crippen molar-refractivity contribution in [1.82, 2.24) is 5.32 Å². The zero-order valence-corrected chi connectivity index (χ0v) is 13.4. The second-order valence-corrected chi connectivity index (χ2v) is 6.05. The van der Waals surface area contributed by atoms with E-state index < -0.39 is 24.3 Å². The average molecular weight is 347 g/mol. The molecule has 0 heterocycles. The van der Waals surface area contributed by atoms with Crippen LogP contribution in [0.1, 0.15) is 32.3 Å². The molecule has 1 aromatic carbocycles. The summed E-state index contributed by atoms with van der Waals surface area (Å²) < 4.78 is 41.0. The zero-order chi connectivity index (χ0) is 18.4. The molecule has 2 N–H and O–H groups in total. The van der Waals surface area contributed by atoms with Crippen molar-refractivity contribution in [1.29, 1.82) is 0 Å². The molecule has 24 heavy (non-hydrogen) atoms. The van der Waals surface area contributed by atoms with Gasteiger partial charge < -0.3 is 15.2 Å². The fourth-order valence-corrected chi connectivity index (χ4v) is 2.00. The van der Waals surface area contributed by atoms with Crippen molar-refractivity contribution in [3.8, 4) is 5.75 Å². The maximum atomic E-state index is 12.1. The Kier molecular flexibility index (Phi) is 6.62. The molecular weight excluding hydrogens is 327 g/mol. The van der Waals surface area contributed by atoms with E-state index in [0.29, 0.717) is 5.56 Å². The summed E-state index contributed by atoms with van der Waals surface area (Å²) in [7, 11) is 0. The van der Waals surface area contributed by atoms with Crippen LogP contribution in [0, 0.1) is 0 Å². The first-order valence-corrected chi connectivity index (χ1v) is 7.28. The minimum Gasteiger partial charge on any atom is -0.484 e. The maximum absolute atomic E-state index is 12.1. The van der Waals surface area contributed by atoms with Crippen LogP contribution >= 0.6 is 0 Å². The van der Waals surface area contributed by atoms with Crippen LogP contribution in [0.15, 0.2) is 24.3 Å². The summed E-state index contributed by atoms with van der Waals surface area (Å²) in [5.41, 5.74) is -0.193. The predicted molar refractivity (Wildman–Crippen MR) is 80.8 cm³/mol. The number of rotatable bonds is 8. The highest BCUT2D eigenvalue weighted by Gasteiger charge is 2.28. The normalized spacial score (nSPS) is 11.9. The van der Waals surface area contributed by atoms with E-state index in [4.69, 9.17) is 5.11 Å². The number of aliphatic carboxylic acids is 1. The fourth-order valence-electron chi connectivity index (χ4n) is 2.00. The summed E-state index contributed by atoms with van der Waals surface area (Å²) in [6.45, 7) is 2.01. The molecule has 1 amide bonds. The Morgan fingerprint density at radius 2 is 1.92 bits per heavy atom. The van der Waals surface area contributed by atoms with Gasteiger partial charge in [0.05, 0.1) is 6.42 Å². The van der Waals surface area contributed by atoms with Crippen molar-refractivity contribution >= 4 is 11.9 Å². The Hall–Kier alpha value is -2.25. The number of carbonyl (C=O) groups excluding carboxylic acids is 1. The number of carboxylic acid groups (broad SMARTS) is 1. The number of nitrogens with one attached hydrogen (secondary N) is 1. The van der Waals surface area contributed by atoms with Crippen molar-refractivity contribution in [2.45, 2.75) is 44.8 Å². The largest absolute Gasteiger partial charge is 0.484 e. The minimum atomic E-state index is -4.43. The Morgan fingerprint density at radius 1 is 1.25 bits per heavy atom. The van der Waals surface area contributed by atoms with Gasteiger partial charge in [-0.2, -0.15) is 13.2 Å². The second kappa shape index (κ2) is 8.03. The van der Waals surface area contributed by atoms with E-state index in [0.717, 1.165) is 0 Å². The number of carbonyl (C=O) groups is 2. The van der Waals surface area contributed by atoms with E-state index >= 15 is 0 Å². The molecule has 0 radical (unpaired) electrons. The standard InChI is InChI=1S/C16H20F3NO4/c1-15(2,7-6-14(22)23)20-13(21)9-11-4-3-5-12(8-11)24-10-16(17,18)19/h3-5,8H,6-7,9-10H2,1-2H3,(H,20,21)(H,22,23). The van der Waals surface area contributed by atoms with Crippen LogP contribution in [-0.4, -0.2) is 35.3 Å². The van der Waals surface area contributed by atoms with Gasteiger partial charge in [0.1, 0.15) is 5.75 Å². The molecule has 0 unspecified atom stereocenters. The molecule has 0 aliphatic carbocycles. The lowest BCUT2D eigenvalue weighted by Crippen LogP contribution is -2.44. The number of ether oxygens (including phenoxy) is 1. The number of amides is 1. The topological polar surface area (TPSA) is 75.6 Å². The van der Waals surface area contributed by atoms with Gasteiger partial charge >= 0.3 is 12.1 Å². The van der Waals surface area contributed by atoms with E-state index in [2.05, 4.69) is 10.1 Å². The first-order valence-electron chi connectivity index (χ1n) is 7.28. The second-order valence-electron chi connectivity index (χ2n) is 6.05. The maximum Gasteiger partial charge on any atom is 0.422 e. The highest BCUT2D eigenvalue weighted by atomic mass is 19.4. The Balaban J connectivity index is 2.59. The summed E-state index contributed by atoms with van der Waals surface area (Å²) in [5, 5.41) is 11.4. The van der Waals surface area contributed by atoms with Crippen LogP contribution in [0.2, 0.25) is 0 Å². The molecule has 0 aliphatic rings. The van der Waals surface area contributed by atoms with Gasteiger partial charge in [0.25, 0.3) is 0 Å². The van der Waals surface area contributed by atoms with Crippen molar-refractivity contribution < 1.29 is 32.6 Å². The number of benzene rings is 1. The summed E-state index contributed by atoms with van der Waals surface area (Å²) in [6.07, 6.45) is -4.28. The molecule has 0 aliphatic heterocycles. The first kappa shape index (κ1) is 19.8. The van der Waals surface area contributed by atoms with Gasteiger partial charge in [-0.3, -0.25) is 9.59 Å². The molecule has 0 aromatic heterocycles. The fraction of sp³-hybridized carbons (Fsp3) is 0.500. The highest BCUT2D eigenvalue weighted by Crippen LogP contribution is 2.20. The molecule has 0 atom stereocenters. The lowest BCUT2D eigenvalue weighted by Gasteiger charge is -2.25. The molecule has 5 nitrogen and oxygen atoms in total. The molecule has 0 spiro atoms.